The van der Waals surface area contributed by atoms with E-state index in [1.54, 1.807) is 0 Å². The monoisotopic (exact) mass is 898 g/mol. The van der Waals surface area contributed by atoms with Crippen molar-refractivity contribution in [2.45, 2.75) is 33.1 Å². The summed E-state index contributed by atoms with van der Waals surface area (Å²) in [4.78, 5) is 7.51. The minimum Gasteiger partial charge on any atom is -0.311 e. The van der Waals surface area contributed by atoms with Crippen molar-refractivity contribution >= 4 is 90.7 Å². The highest BCUT2D eigenvalue weighted by Gasteiger charge is 2.45. The number of pyridine rings is 1. The van der Waals surface area contributed by atoms with E-state index in [2.05, 4.69) is 284 Å². The van der Waals surface area contributed by atoms with Crippen LogP contribution in [0.3, 0.4) is 0 Å². The molecule has 0 saturated carbocycles. The number of aromatic nitrogens is 1. The van der Waals surface area contributed by atoms with E-state index in [1.165, 1.54) is 83.3 Å². The summed E-state index contributed by atoms with van der Waals surface area (Å²) < 4.78 is 2.38. The van der Waals surface area contributed by atoms with E-state index < -0.39 is 0 Å². The highest BCUT2D eigenvalue weighted by molar-refractivity contribution is 7.00. The quantitative estimate of drug-likeness (QED) is 0.148. The van der Waals surface area contributed by atoms with Crippen LogP contribution in [0.4, 0.5) is 51.3 Å². The van der Waals surface area contributed by atoms with Crippen LogP contribution >= 0.6 is 0 Å². The zero-order valence-electron chi connectivity index (χ0n) is 39.9. The predicted octanol–water partition coefficient (Wildman–Crippen LogP) is 15.6. The summed E-state index contributed by atoms with van der Waals surface area (Å²) in [6.45, 7) is 9.13. The molecule has 2 aliphatic rings. The predicted molar refractivity (Wildman–Crippen MR) is 298 cm³/mol. The molecule has 0 bridgehead atoms. The number of anilines is 9. The largest absolute Gasteiger partial charge is 0.311 e. The van der Waals surface area contributed by atoms with Crippen molar-refractivity contribution < 1.29 is 0 Å². The zero-order valence-corrected chi connectivity index (χ0v) is 39.9. The first kappa shape index (κ1) is 41.6. The molecule has 0 atom stereocenters. The van der Waals surface area contributed by atoms with E-state index in [-0.39, 0.29) is 12.1 Å². The van der Waals surface area contributed by atoms with Crippen molar-refractivity contribution in [3.05, 3.63) is 248 Å². The molecule has 0 radical (unpaired) electrons. The summed E-state index contributed by atoms with van der Waals surface area (Å²) in [5.74, 6) is 1.18. The standard InChI is InChI=1S/C65H51BN4/c1-44-38-61-63-62(39-44)70(50-27-12-7-13-28-50)64-58(42-51-29-16-17-37-67(51)64)66(63)57-35-34-53(43-60(57)69(61)49-25-10-6-11-26-49)68(59-36-33-48(65(2,3)4)41-56(59)46-20-8-5-9-21-46)52-30-18-24-47(40-52)55-32-19-23-45-22-14-15-31-54(45)55/h5-43H,1-4H3. The number of benzene rings is 9. The van der Waals surface area contributed by atoms with Gasteiger partial charge < -0.3 is 14.2 Å². The Morgan fingerprint density at radius 1 is 0.457 bits per heavy atom. The second-order valence-corrected chi connectivity index (χ2v) is 19.9. The normalized spacial score (nSPS) is 12.8. The van der Waals surface area contributed by atoms with Crippen molar-refractivity contribution in [1.29, 1.82) is 0 Å². The Hall–Kier alpha value is -8.54. The lowest BCUT2D eigenvalue weighted by Gasteiger charge is -2.44. The topological polar surface area (TPSA) is 14.1 Å². The molecule has 5 heteroatoms. The molecule has 0 saturated heterocycles. The number of hydrogen-bond acceptors (Lipinski definition) is 3. The van der Waals surface area contributed by atoms with Crippen LogP contribution in [-0.2, 0) is 5.41 Å². The fourth-order valence-electron chi connectivity index (χ4n) is 11.3. The average molecular weight is 899 g/mol. The van der Waals surface area contributed by atoms with Gasteiger partial charge in [-0.1, -0.05) is 160 Å². The van der Waals surface area contributed by atoms with Gasteiger partial charge in [-0.15, -0.1) is 0 Å². The average Bonchev–Trinajstić information content (AvgIpc) is 3.78. The van der Waals surface area contributed by atoms with Gasteiger partial charge >= 0.3 is 0 Å². The number of nitrogens with zero attached hydrogens (tertiary/aromatic N) is 4. The molecule has 0 unspecified atom stereocenters. The fourth-order valence-corrected chi connectivity index (χ4v) is 11.3. The SMILES string of the molecule is Cc1cc2c3c(c1)N(c1ccccc1)c1c(cc4ccccn14)B3c1ccc(N(c3cccc(-c4cccc5ccccc45)c3)c3ccc(C(C)(C)C)cc3-c3ccccc3)cc1N2c1ccccc1. The molecule has 0 amide bonds. The summed E-state index contributed by atoms with van der Waals surface area (Å²) in [7, 11) is 0. The minimum absolute atomic E-state index is 0.0291. The van der Waals surface area contributed by atoms with E-state index in [0.717, 1.165) is 34.1 Å². The number of para-hydroxylation sites is 2. The molecule has 0 spiro atoms. The van der Waals surface area contributed by atoms with Gasteiger partial charge in [-0.25, -0.2) is 0 Å². The molecule has 2 aromatic heterocycles. The number of hydrogen-bond donors (Lipinski definition) is 0. The Balaban J connectivity index is 1.09. The van der Waals surface area contributed by atoms with Gasteiger partial charge in [-0.05, 0) is 158 Å². The number of fused-ring (bicyclic) bond motifs is 7. The van der Waals surface area contributed by atoms with Crippen LogP contribution < -0.4 is 31.1 Å². The van der Waals surface area contributed by atoms with Crippen molar-refractivity contribution in [3.63, 3.8) is 0 Å². The second-order valence-electron chi connectivity index (χ2n) is 19.9. The first-order chi connectivity index (χ1) is 34.3. The van der Waals surface area contributed by atoms with Gasteiger partial charge in [0.05, 0.1) is 5.69 Å². The number of aryl methyl sites for hydroxylation is 1. The molecule has 11 aromatic rings. The first-order valence-electron chi connectivity index (χ1n) is 24.5. The van der Waals surface area contributed by atoms with Gasteiger partial charge in [-0.3, -0.25) is 4.90 Å². The lowest BCUT2D eigenvalue weighted by molar-refractivity contribution is 0.590. The van der Waals surface area contributed by atoms with Gasteiger partial charge in [0, 0.05) is 57.1 Å². The summed E-state index contributed by atoms with van der Waals surface area (Å²) in [6.07, 6.45) is 2.22. The van der Waals surface area contributed by atoms with Gasteiger partial charge in [0.1, 0.15) is 5.82 Å². The van der Waals surface area contributed by atoms with E-state index in [4.69, 9.17) is 0 Å². The van der Waals surface area contributed by atoms with Crippen LogP contribution in [-0.4, -0.2) is 11.1 Å². The summed E-state index contributed by atoms with van der Waals surface area (Å²) in [5.41, 5.74) is 21.3. The van der Waals surface area contributed by atoms with Gasteiger partial charge in [0.25, 0.3) is 6.71 Å². The van der Waals surface area contributed by atoms with Crippen LogP contribution in [0.2, 0.25) is 0 Å². The third-order valence-electron chi connectivity index (χ3n) is 14.5. The Kier molecular flexibility index (Phi) is 9.71. The lowest BCUT2D eigenvalue weighted by atomic mass is 9.34. The van der Waals surface area contributed by atoms with Crippen LogP contribution in [0.5, 0.6) is 0 Å². The smallest absolute Gasteiger partial charge is 0.254 e. The van der Waals surface area contributed by atoms with E-state index in [9.17, 15) is 0 Å². The number of rotatable bonds is 7. The molecular weight excluding hydrogens is 848 g/mol. The lowest BCUT2D eigenvalue weighted by Crippen LogP contribution is -2.61. The molecular formula is C65H51BN4. The highest BCUT2D eigenvalue weighted by atomic mass is 15.2. The van der Waals surface area contributed by atoms with Crippen LogP contribution in [0.25, 0.3) is 38.5 Å². The molecule has 13 rings (SSSR count). The molecule has 0 N–H and O–H groups in total. The molecule has 334 valence electrons. The third kappa shape index (κ3) is 6.76. The van der Waals surface area contributed by atoms with Crippen LogP contribution in [0, 0.1) is 6.92 Å². The molecule has 4 heterocycles. The Labute approximate surface area is 411 Å². The summed E-state index contributed by atoms with van der Waals surface area (Å²) >= 11 is 0. The maximum absolute atomic E-state index is 2.52. The molecule has 9 aromatic carbocycles. The highest BCUT2D eigenvalue weighted by Crippen LogP contribution is 2.49. The fraction of sp³-hybridized carbons (Fsp3) is 0.0769. The molecule has 0 aliphatic carbocycles. The molecule has 2 aliphatic heterocycles. The second kappa shape index (κ2) is 16.3. The van der Waals surface area contributed by atoms with Gasteiger partial charge in [0.15, 0.2) is 0 Å². The van der Waals surface area contributed by atoms with Crippen molar-refractivity contribution in [1.82, 2.24) is 4.40 Å². The maximum atomic E-state index is 2.52. The first-order valence-corrected chi connectivity index (χ1v) is 24.5. The van der Waals surface area contributed by atoms with E-state index in [0.29, 0.717) is 0 Å². The Morgan fingerprint density at radius 3 is 1.87 bits per heavy atom. The summed E-state index contributed by atoms with van der Waals surface area (Å²) in [5, 5.41) is 2.47. The molecule has 0 fully saturated rings. The van der Waals surface area contributed by atoms with Gasteiger partial charge in [-0.2, -0.15) is 0 Å². The van der Waals surface area contributed by atoms with Crippen molar-refractivity contribution in [3.8, 4) is 22.3 Å². The molecule has 70 heavy (non-hydrogen) atoms. The molecule has 4 nitrogen and oxygen atoms in total. The Bertz CT molecular complexity index is 3790. The van der Waals surface area contributed by atoms with Crippen molar-refractivity contribution in [2.75, 3.05) is 14.7 Å². The minimum atomic E-state index is -0.0492. The van der Waals surface area contributed by atoms with Gasteiger partial charge in [0.2, 0.25) is 0 Å². The zero-order chi connectivity index (χ0) is 47.1. The maximum Gasteiger partial charge on any atom is 0.254 e. The van der Waals surface area contributed by atoms with Crippen LogP contribution in [0.1, 0.15) is 31.9 Å². The van der Waals surface area contributed by atoms with Crippen LogP contribution in [0.15, 0.2) is 237 Å². The van der Waals surface area contributed by atoms with E-state index in [1.807, 2.05) is 0 Å². The van der Waals surface area contributed by atoms with E-state index >= 15 is 0 Å². The summed E-state index contributed by atoms with van der Waals surface area (Å²) in [6, 6.07) is 85.3. The third-order valence-corrected chi connectivity index (χ3v) is 14.5. The Morgan fingerprint density at radius 2 is 1.10 bits per heavy atom. The van der Waals surface area contributed by atoms with Crippen molar-refractivity contribution in [2.24, 2.45) is 0 Å².